The van der Waals surface area contributed by atoms with Gasteiger partial charge in [0, 0.05) is 21.7 Å². The minimum atomic E-state index is -0.252. The van der Waals surface area contributed by atoms with Crippen molar-refractivity contribution in [2.24, 2.45) is 0 Å². The minimum absolute atomic E-state index is 0.154. The van der Waals surface area contributed by atoms with Gasteiger partial charge in [0.05, 0.1) is 4.91 Å². The summed E-state index contributed by atoms with van der Waals surface area (Å²) in [5.74, 6) is 0.422. The molecule has 0 N–H and O–H groups in total. The molecular weight excluding hydrogens is 405 g/mol. The van der Waals surface area contributed by atoms with E-state index in [1.54, 1.807) is 18.2 Å². The standard InChI is InChI=1S/C20H17Cl2NO3S/c1-12(2)23-19(24)18(27-20(23)25)9-13-3-7-16(8-4-13)26-11-14-5-6-15(21)10-17(14)22/h3-10,12H,11H2,1-2H3/b18-9-. The maximum atomic E-state index is 12.3. The Balaban J connectivity index is 1.67. The molecule has 0 saturated carbocycles. The monoisotopic (exact) mass is 421 g/mol. The number of hydrogen-bond acceptors (Lipinski definition) is 4. The van der Waals surface area contributed by atoms with Gasteiger partial charge >= 0.3 is 0 Å². The van der Waals surface area contributed by atoms with Gasteiger partial charge in [0.15, 0.2) is 0 Å². The number of carbonyl (C=O) groups excluding carboxylic acids is 2. The van der Waals surface area contributed by atoms with Crippen molar-refractivity contribution < 1.29 is 14.3 Å². The summed E-state index contributed by atoms with van der Waals surface area (Å²) in [6, 6.07) is 12.4. The number of rotatable bonds is 5. The van der Waals surface area contributed by atoms with E-state index in [-0.39, 0.29) is 17.2 Å². The topological polar surface area (TPSA) is 46.6 Å². The SMILES string of the molecule is CC(C)N1C(=O)S/C(=C\c2ccc(OCc3ccc(Cl)cc3Cl)cc2)C1=O. The Morgan fingerprint density at radius 1 is 1.11 bits per heavy atom. The molecule has 27 heavy (non-hydrogen) atoms. The van der Waals surface area contributed by atoms with Crippen molar-refractivity contribution in [1.82, 2.24) is 4.90 Å². The third-order valence-electron chi connectivity index (χ3n) is 3.93. The zero-order chi connectivity index (χ0) is 19.6. The first kappa shape index (κ1) is 19.8. The van der Waals surface area contributed by atoms with Crippen molar-refractivity contribution >= 4 is 52.2 Å². The molecule has 7 heteroatoms. The number of ether oxygens (including phenoxy) is 1. The number of imide groups is 1. The quantitative estimate of drug-likeness (QED) is 0.553. The van der Waals surface area contributed by atoms with E-state index in [0.29, 0.717) is 27.3 Å². The van der Waals surface area contributed by atoms with E-state index in [1.807, 2.05) is 44.2 Å². The van der Waals surface area contributed by atoms with Crippen LogP contribution in [0.25, 0.3) is 6.08 Å². The fraction of sp³-hybridized carbons (Fsp3) is 0.200. The normalized spacial score (nSPS) is 15.9. The van der Waals surface area contributed by atoms with E-state index in [9.17, 15) is 9.59 Å². The maximum absolute atomic E-state index is 12.3. The maximum Gasteiger partial charge on any atom is 0.293 e. The Labute approximate surface area is 172 Å². The number of hydrogen-bond donors (Lipinski definition) is 0. The molecule has 0 aromatic heterocycles. The van der Waals surface area contributed by atoms with Crippen LogP contribution >= 0.6 is 35.0 Å². The molecule has 0 aliphatic carbocycles. The second kappa shape index (κ2) is 8.38. The van der Waals surface area contributed by atoms with E-state index in [4.69, 9.17) is 27.9 Å². The van der Waals surface area contributed by atoms with Crippen LogP contribution < -0.4 is 4.74 Å². The summed E-state index contributed by atoms with van der Waals surface area (Å²) in [5, 5.41) is 0.899. The number of halogens is 2. The lowest BCUT2D eigenvalue weighted by Gasteiger charge is -2.16. The van der Waals surface area contributed by atoms with Gasteiger partial charge in [-0.1, -0.05) is 41.4 Å². The number of benzene rings is 2. The molecule has 3 rings (SSSR count). The largest absolute Gasteiger partial charge is 0.489 e. The van der Waals surface area contributed by atoms with Crippen LogP contribution in [-0.4, -0.2) is 22.1 Å². The second-order valence-electron chi connectivity index (χ2n) is 6.24. The first-order chi connectivity index (χ1) is 12.8. The van der Waals surface area contributed by atoms with Crippen LogP contribution in [0.5, 0.6) is 5.75 Å². The van der Waals surface area contributed by atoms with Crippen molar-refractivity contribution in [3.63, 3.8) is 0 Å². The van der Waals surface area contributed by atoms with Crippen molar-refractivity contribution in [3.8, 4) is 5.75 Å². The molecule has 140 valence electrons. The molecule has 1 aliphatic rings. The van der Waals surface area contributed by atoms with Gasteiger partial charge in [-0.25, -0.2) is 0 Å². The van der Waals surface area contributed by atoms with Crippen molar-refractivity contribution in [3.05, 3.63) is 68.5 Å². The summed E-state index contributed by atoms with van der Waals surface area (Å²) in [5.41, 5.74) is 1.66. The Morgan fingerprint density at radius 3 is 2.41 bits per heavy atom. The summed E-state index contributed by atoms with van der Waals surface area (Å²) in [4.78, 5) is 25.9. The highest BCUT2D eigenvalue weighted by molar-refractivity contribution is 8.18. The summed E-state index contributed by atoms with van der Waals surface area (Å²) in [6.45, 7) is 3.96. The van der Waals surface area contributed by atoms with Crippen LogP contribution in [0.1, 0.15) is 25.0 Å². The van der Waals surface area contributed by atoms with Gasteiger partial charge in [0.1, 0.15) is 12.4 Å². The summed E-state index contributed by atoms with van der Waals surface area (Å²) < 4.78 is 5.74. The van der Waals surface area contributed by atoms with Gasteiger partial charge in [0.25, 0.3) is 11.1 Å². The van der Waals surface area contributed by atoms with Crippen molar-refractivity contribution in [1.29, 1.82) is 0 Å². The average molecular weight is 422 g/mol. The lowest BCUT2D eigenvalue weighted by atomic mass is 10.2. The van der Waals surface area contributed by atoms with E-state index >= 15 is 0 Å². The van der Waals surface area contributed by atoms with Crippen LogP contribution in [0.3, 0.4) is 0 Å². The average Bonchev–Trinajstić information content (AvgIpc) is 2.89. The number of thioether (sulfide) groups is 1. The van der Waals surface area contributed by atoms with Gasteiger partial charge in [-0.2, -0.15) is 0 Å². The van der Waals surface area contributed by atoms with Gasteiger partial charge in [-0.05, 0) is 61.5 Å². The van der Waals surface area contributed by atoms with Crippen LogP contribution in [0.4, 0.5) is 4.79 Å². The fourth-order valence-electron chi connectivity index (χ4n) is 2.54. The predicted octanol–water partition coefficient (Wildman–Crippen LogP) is 6.02. The third kappa shape index (κ3) is 4.67. The first-order valence-corrected chi connectivity index (χ1v) is 9.86. The lowest BCUT2D eigenvalue weighted by molar-refractivity contribution is -0.123. The smallest absolute Gasteiger partial charge is 0.293 e. The highest BCUT2D eigenvalue weighted by Crippen LogP contribution is 2.33. The molecule has 2 aromatic carbocycles. The number of nitrogens with zero attached hydrogens (tertiary/aromatic N) is 1. The summed E-state index contributed by atoms with van der Waals surface area (Å²) in [7, 11) is 0. The molecule has 1 fully saturated rings. The number of carbonyl (C=O) groups is 2. The molecule has 0 atom stereocenters. The van der Waals surface area contributed by atoms with Crippen LogP contribution in [0.2, 0.25) is 10.0 Å². The lowest BCUT2D eigenvalue weighted by Crippen LogP contribution is -2.34. The molecule has 0 unspecified atom stereocenters. The zero-order valence-corrected chi connectivity index (χ0v) is 17.1. The predicted molar refractivity (Wildman–Crippen MR) is 110 cm³/mol. The van der Waals surface area contributed by atoms with E-state index in [2.05, 4.69) is 0 Å². The van der Waals surface area contributed by atoms with Crippen LogP contribution in [0, 0.1) is 0 Å². The van der Waals surface area contributed by atoms with E-state index in [0.717, 1.165) is 22.9 Å². The molecule has 0 spiro atoms. The zero-order valence-electron chi connectivity index (χ0n) is 14.7. The fourth-order valence-corrected chi connectivity index (χ4v) is 3.96. The third-order valence-corrected chi connectivity index (χ3v) is 5.40. The Kier molecular flexibility index (Phi) is 6.15. The summed E-state index contributed by atoms with van der Waals surface area (Å²) >= 11 is 13.0. The van der Waals surface area contributed by atoms with Crippen molar-refractivity contribution in [2.45, 2.75) is 26.5 Å². The molecule has 0 radical (unpaired) electrons. The molecular formula is C20H17Cl2NO3S. The molecule has 1 saturated heterocycles. The van der Waals surface area contributed by atoms with Gasteiger partial charge in [0.2, 0.25) is 0 Å². The molecule has 1 heterocycles. The number of amides is 2. The first-order valence-electron chi connectivity index (χ1n) is 8.29. The second-order valence-corrected chi connectivity index (χ2v) is 8.08. The van der Waals surface area contributed by atoms with Gasteiger partial charge < -0.3 is 4.74 Å². The Bertz CT molecular complexity index is 910. The molecule has 2 aromatic rings. The highest BCUT2D eigenvalue weighted by atomic mass is 35.5. The van der Waals surface area contributed by atoms with E-state index < -0.39 is 0 Å². The Hall–Kier alpha value is -1.95. The molecule has 0 bridgehead atoms. The van der Waals surface area contributed by atoms with E-state index in [1.165, 1.54) is 4.90 Å². The highest BCUT2D eigenvalue weighted by Gasteiger charge is 2.36. The molecule has 4 nitrogen and oxygen atoms in total. The van der Waals surface area contributed by atoms with Gasteiger partial charge in [-0.3, -0.25) is 14.5 Å². The minimum Gasteiger partial charge on any atom is -0.489 e. The Morgan fingerprint density at radius 2 is 1.81 bits per heavy atom. The molecule has 2 amide bonds. The molecule has 1 aliphatic heterocycles. The van der Waals surface area contributed by atoms with Crippen LogP contribution in [-0.2, 0) is 11.4 Å². The van der Waals surface area contributed by atoms with Gasteiger partial charge in [-0.15, -0.1) is 0 Å². The van der Waals surface area contributed by atoms with Crippen molar-refractivity contribution in [2.75, 3.05) is 0 Å². The van der Waals surface area contributed by atoms with Crippen LogP contribution in [0.15, 0.2) is 47.4 Å². The summed E-state index contributed by atoms with van der Waals surface area (Å²) in [6.07, 6.45) is 1.72.